The maximum absolute atomic E-state index is 12.3. The molecule has 6 nitrogen and oxygen atoms in total. The Balaban J connectivity index is 1.68. The number of aromatic nitrogens is 2. The van der Waals surface area contributed by atoms with Gasteiger partial charge in [0.05, 0.1) is 6.20 Å². The van der Waals surface area contributed by atoms with E-state index in [4.69, 9.17) is 4.74 Å². The van der Waals surface area contributed by atoms with Crippen LogP contribution in [0.3, 0.4) is 0 Å². The molecule has 128 valence electrons. The second-order valence-electron chi connectivity index (χ2n) is 8.18. The Kier molecular flexibility index (Phi) is 3.91. The topological polar surface area (TPSA) is 59.4 Å². The zero-order valence-electron chi connectivity index (χ0n) is 14.8. The quantitative estimate of drug-likeness (QED) is 0.910. The molecule has 2 saturated heterocycles. The lowest BCUT2D eigenvalue weighted by atomic mass is 9.70. The van der Waals surface area contributed by atoms with E-state index in [2.05, 4.69) is 30.5 Å². The van der Waals surface area contributed by atoms with Crippen molar-refractivity contribution in [3.8, 4) is 0 Å². The van der Waals surface area contributed by atoms with E-state index in [1.165, 1.54) is 5.56 Å². The van der Waals surface area contributed by atoms with Gasteiger partial charge in [0, 0.05) is 48.9 Å². The first kappa shape index (κ1) is 16.3. The summed E-state index contributed by atoms with van der Waals surface area (Å²) in [6.07, 6.45) is 4.89. The highest BCUT2D eigenvalue weighted by Crippen LogP contribution is 2.48. The maximum atomic E-state index is 12.3. The largest absolute Gasteiger partial charge is 0.444 e. The molecule has 0 saturated carbocycles. The highest BCUT2D eigenvalue weighted by Gasteiger charge is 2.53. The molecule has 2 aliphatic rings. The summed E-state index contributed by atoms with van der Waals surface area (Å²) in [7, 11) is 0. The monoisotopic (exact) mass is 320 g/mol. The predicted molar refractivity (Wildman–Crippen MR) is 88.2 cm³/mol. The van der Waals surface area contributed by atoms with Crippen LogP contribution in [-0.2, 0) is 4.74 Å². The fraction of sp³-hybridized carbons (Fsp3) is 0.765. The summed E-state index contributed by atoms with van der Waals surface area (Å²) in [6.45, 7) is 12.4. The number of hydrogen-bond acceptors (Lipinski definition) is 4. The third-order valence-corrected chi connectivity index (χ3v) is 4.79. The number of likely N-dealkylation sites (tertiary alicyclic amines) is 1. The van der Waals surface area contributed by atoms with Gasteiger partial charge >= 0.3 is 6.09 Å². The molecule has 0 aromatic carbocycles. The Morgan fingerprint density at radius 2 is 2.22 bits per heavy atom. The summed E-state index contributed by atoms with van der Waals surface area (Å²) in [5.74, 6) is 0. The van der Waals surface area contributed by atoms with Crippen molar-refractivity contribution in [3.05, 3.63) is 18.0 Å². The van der Waals surface area contributed by atoms with Crippen LogP contribution in [0, 0.1) is 5.41 Å². The molecule has 0 aliphatic carbocycles. The molecule has 0 unspecified atom stereocenters. The van der Waals surface area contributed by atoms with Crippen molar-refractivity contribution >= 4 is 6.09 Å². The number of carbonyl (C=O) groups is 1. The summed E-state index contributed by atoms with van der Waals surface area (Å²) in [4.78, 5) is 14.1. The van der Waals surface area contributed by atoms with Crippen LogP contribution in [0.25, 0.3) is 0 Å². The summed E-state index contributed by atoms with van der Waals surface area (Å²) < 4.78 is 7.50. The van der Waals surface area contributed by atoms with Crippen LogP contribution < -0.4 is 5.32 Å². The average Bonchev–Trinajstić information content (AvgIpc) is 3.03. The lowest BCUT2D eigenvalue weighted by molar-refractivity contribution is 0.0216. The smallest absolute Gasteiger partial charge is 0.410 e. The molecule has 0 bridgehead atoms. The number of nitrogens with one attached hydrogen (secondary N) is 1. The Bertz CT molecular complexity index is 590. The molecular weight excluding hydrogens is 292 g/mol. The van der Waals surface area contributed by atoms with Gasteiger partial charge in [0.15, 0.2) is 0 Å². The summed E-state index contributed by atoms with van der Waals surface area (Å²) in [6, 6.07) is 0.643. The van der Waals surface area contributed by atoms with Crippen molar-refractivity contribution in [2.75, 3.05) is 19.6 Å². The Labute approximate surface area is 138 Å². The van der Waals surface area contributed by atoms with Gasteiger partial charge in [-0.05, 0) is 41.0 Å². The minimum atomic E-state index is -0.442. The van der Waals surface area contributed by atoms with Gasteiger partial charge in [-0.1, -0.05) is 0 Å². The fourth-order valence-corrected chi connectivity index (χ4v) is 3.51. The van der Waals surface area contributed by atoms with Crippen molar-refractivity contribution < 1.29 is 9.53 Å². The van der Waals surface area contributed by atoms with Crippen molar-refractivity contribution in [2.24, 2.45) is 5.41 Å². The summed E-state index contributed by atoms with van der Waals surface area (Å²) >= 11 is 0. The van der Waals surface area contributed by atoms with Crippen LogP contribution in [0.2, 0.25) is 0 Å². The van der Waals surface area contributed by atoms with E-state index in [1.54, 1.807) is 0 Å². The molecule has 23 heavy (non-hydrogen) atoms. The molecule has 1 N–H and O–H groups in total. The Hall–Kier alpha value is -1.56. The third kappa shape index (κ3) is 3.09. The van der Waals surface area contributed by atoms with Crippen LogP contribution in [0.5, 0.6) is 0 Å². The third-order valence-electron chi connectivity index (χ3n) is 4.79. The number of rotatable bonds is 2. The number of ether oxygens (including phenoxy) is 1. The molecule has 2 aliphatic heterocycles. The fourth-order valence-electron chi connectivity index (χ4n) is 3.51. The van der Waals surface area contributed by atoms with E-state index >= 15 is 0 Å². The normalized spacial score (nSPS) is 27.6. The number of amides is 1. The second-order valence-corrected chi connectivity index (χ2v) is 8.18. The average molecular weight is 320 g/mol. The number of hydrogen-bond donors (Lipinski definition) is 1. The lowest BCUT2D eigenvalue weighted by Crippen LogP contribution is -2.57. The molecule has 1 amide bonds. The molecule has 3 rings (SSSR count). The minimum Gasteiger partial charge on any atom is -0.444 e. The van der Waals surface area contributed by atoms with E-state index in [-0.39, 0.29) is 17.6 Å². The second kappa shape index (κ2) is 5.51. The standard InChI is InChI=1S/C17H28N4O2/c1-12(2)21-9-13(8-19-21)14-17(10-18-14)6-7-20(11-17)15(22)23-16(3,4)5/h8-9,12,14,18H,6-7,10-11H2,1-5H3/t14-,17-/m0/s1. The molecular formula is C17H28N4O2. The van der Waals surface area contributed by atoms with Gasteiger partial charge in [-0.2, -0.15) is 5.10 Å². The van der Waals surface area contributed by atoms with Crippen molar-refractivity contribution in [1.82, 2.24) is 20.0 Å². The SMILES string of the molecule is CC(C)n1cc([C@@H]2NC[C@]23CCN(C(=O)OC(C)(C)C)C3)cn1. The summed E-state index contributed by atoms with van der Waals surface area (Å²) in [5.41, 5.74) is 0.903. The molecule has 2 atom stereocenters. The van der Waals surface area contributed by atoms with E-state index in [9.17, 15) is 4.79 Å². The van der Waals surface area contributed by atoms with Gasteiger partial charge in [-0.25, -0.2) is 4.79 Å². The molecule has 6 heteroatoms. The van der Waals surface area contributed by atoms with Crippen LogP contribution in [0.1, 0.15) is 58.7 Å². The molecule has 1 spiro atoms. The zero-order chi connectivity index (χ0) is 16.8. The first-order chi connectivity index (χ1) is 10.7. The van der Waals surface area contributed by atoms with Gasteiger partial charge < -0.3 is 15.0 Å². The van der Waals surface area contributed by atoms with E-state index < -0.39 is 5.60 Å². The molecule has 1 aromatic heterocycles. The first-order valence-electron chi connectivity index (χ1n) is 8.46. The van der Waals surface area contributed by atoms with Gasteiger partial charge in [0.2, 0.25) is 0 Å². The number of nitrogens with zero attached hydrogens (tertiary/aromatic N) is 3. The Morgan fingerprint density at radius 3 is 2.74 bits per heavy atom. The summed E-state index contributed by atoms with van der Waals surface area (Å²) in [5, 5.41) is 7.97. The highest BCUT2D eigenvalue weighted by molar-refractivity contribution is 5.68. The van der Waals surface area contributed by atoms with Crippen molar-refractivity contribution in [1.29, 1.82) is 0 Å². The lowest BCUT2D eigenvalue weighted by Gasteiger charge is -2.47. The molecule has 3 heterocycles. The maximum Gasteiger partial charge on any atom is 0.410 e. The number of carbonyl (C=O) groups excluding carboxylic acids is 1. The zero-order valence-corrected chi connectivity index (χ0v) is 14.8. The Morgan fingerprint density at radius 1 is 1.48 bits per heavy atom. The van der Waals surface area contributed by atoms with Crippen molar-refractivity contribution in [3.63, 3.8) is 0 Å². The first-order valence-corrected chi connectivity index (χ1v) is 8.46. The van der Waals surface area contributed by atoms with Gasteiger partial charge in [-0.15, -0.1) is 0 Å². The van der Waals surface area contributed by atoms with Crippen LogP contribution in [0.15, 0.2) is 12.4 Å². The van der Waals surface area contributed by atoms with Crippen LogP contribution >= 0.6 is 0 Å². The predicted octanol–water partition coefficient (Wildman–Crippen LogP) is 2.74. The molecule has 2 fully saturated rings. The van der Waals surface area contributed by atoms with Gasteiger partial charge in [0.1, 0.15) is 5.60 Å². The van der Waals surface area contributed by atoms with Gasteiger partial charge in [0.25, 0.3) is 0 Å². The molecule has 1 aromatic rings. The van der Waals surface area contributed by atoms with Gasteiger partial charge in [-0.3, -0.25) is 4.68 Å². The van der Waals surface area contributed by atoms with E-state index in [1.807, 2.05) is 36.5 Å². The van der Waals surface area contributed by atoms with Crippen LogP contribution in [-0.4, -0.2) is 46.0 Å². The van der Waals surface area contributed by atoms with E-state index in [0.717, 1.165) is 26.1 Å². The van der Waals surface area contributed by atoms with Crippen LogP contribution in [0.4, 0.5) is 4.79 Å². The molecule has 0 radical (unpaired) electrons. The van der Waals surface area contributed by atoms with Crippen molar-refractivity contribution in [2.45, 2.75) is 58.7 Å². The van der Waals surface area contributed by atoms with E-state index in [0.29, 0.717) is 6.04 Å². The minimum absolute atomic E-state index is 0.127. The highest BCUT2D eigenvalue weighted by atomic mass is 16.6.